The first kappa shape index (κ1) is 11.4. The summed E-state index contributed by atoms with van der Waals surface area (Å²) >= 11 is 0. The van der Waals surface area contributed by atoms with E-state index in [0.717, 1.165) is 0 Å². The summed E-state index contributed by atoms with van der Waals surface area (Å²) in [6.07, 6.45) is 4.72. The summed E-state index contributed by atoms with van der Waals surface area (Å²) in [6.45, 7) is 6.71. The molecule has 0 unspecified atom stereocenters. The molecule has 86 valence electrons. The van der Waals surface area contributed by atoms with Crippen molar-refractivity contribution in [2.24, 2.45) is 0 Å². The monoisotopic (exact) mass is 215 g/mol. The van der Waals surface area contributed by atoms with Crippen LogP contribution in [0.2, 0.25) is 0 Å². The Bertz CT molecular complexity index is 427. The van der Waals surface area contributed by atoms with E-state index in [9.17, 15) is 0 Å². The Hall–Kier alpha value is -1.08. The van der Waals surface area contributed by atoms with Gasteiger partial charge in [0.2, 0.25) is 0 Å². The predicted molar refractivity (Wildman–Crippen MR) is 70.6 cm³/mol. The second kappa shape index (κ2) is 4.06. The van der Waals surface area contributed by atoms with Crippen LogP contribution in [0.3, 0.4) is 0 Å². The molecule has 0 aliphatic heterocycles. The lowest BCUT2D eigenvalue weighted by atomic mass is 9.81. The molecule has 2 rings (SSSR count). The van der Waals surface area contributed by atoms with Crippen LogP contribution in [0.4, 0.5) is 0 Å². The first-order valence-corrected chi connectivity index (χ1v) is 6.03. The molecule has 0 atom stereocenters. The van der Waals surface area contributed by atoms with Gasteiger partial charge in [-0.15, -0.1) is 0 Å². The minimum atomic E-state index is 0.113. The van der Waals surface area contributed by atoms with Crippen molar-refractivity contribution in [1.82, 2.24) is 5.32 Å². The summed E-state index contributed by atoms with van der Waals surface area (Å²) in [6, 6.07) is 6.59. The fourth-order valence-corrected chi connectivity index (χ4v) is 2.37. The second-order valence-corrected chi connectivity index (χ2v) is 5.19. The number of aryl methyl sites for hydroxylation is 1. The lowest BCUT2D eigenvalue weighted by Crippen LogP contribution is -2.38. The molecule has 0 amide bonds. The summed E-state index contributed by atoms with van der Waals surface area (Å²) in [5.74, 6) is 0. The van der Waals surface area contributed by atoms with Crippen molar-refractivity contribution < 1.29 is 0 Å². The molecule has 1 aromatic carbocycles. The Labute approximate surface area is 98.6 Å². The number of hydrogen-bond acceptors (Lipinski definition) is 1. The van der Waals surface area contributed by atoms with Gasteiger partial charge in [0.05, 0.1) is 0 Å². The van der Waals surface area contributed by atoms with Crippen LogP contribution in [-0.2, 0) is 6.42 Å². The van der Waals surface area contributed by atoms with Crippen LogP contribution < -0.4 is 5.32 Å². The minimum Gasteiger partial charge on any atom is -0.311 e. The van der Waals surface area contributed by atoms with Crippen molar-refractivity contribution in [3.05, 3.63) is 40.5 Å². The maximum absolute atomic E-state index is 3.39. The van der Waals surface area contributed by atoms with E-state index in [2.05, 4.69) is 50.4 Å². The zero-order valence-corrected chi connectivity index (χ0v) is 10.7. The SMILES string of the molecule is CNC(C)(C)C1=Cc2cccc(C)c2CC1. The van der Waals surface area contributed by atoms with Gasteiger partial charge in [0.1, 0.15) is 0 Å². The molecule has 1 nitrogen and oxygen atoms in total. The molecule has 0 saturated heterocycles. The van der Waals surface area contributed by atoms with Crippen molar-refractivity contribution in [2.45, 2.75) is 39.2 Å². The van der Waals surface area contributed by atoms with Gasteiger partial charge >= 0.3 is 0 Å². The van der Waals surface area contributed by atoms with Gasteiger partial charge in [0.15, 0.2) is 0 Å². The molecule has 0 fully saturated rings. The second-order valence-electron chi connectivity index (χ2n) is 5.19. The van der Waals surface area contributed by atoms with Gasteiger partial charge < -0.3 is 5.32 Å². The maximum Gasteiger partial charge on any atom is 0.0337 e. The van der Waals surface area contributed by atoms with Crippen molar-refractivity contribution in [3.8, 4) is 0 Å². The van der Waals surface area contributed by atoms with E-state index >= 15 is 0 Å². The summed E-state index contributed by atoms with van der Waals surface area (Å²) in [5.41, 5.74) is 5.98. The van der Waals surface area contributed by atoms with E-state index in [4.69, 9.17) is 0 Å². The van der Waals surface area contributed by atoms with E-state index in [1.807, 2.05) is 7.05 Å². The lowest BCUT2D eigenvalue weighted by Gasteiger charge is -2.31. The predicted octanol–water partition coefficient (Wildman–Crippen LogP) is 3.32. The van der Waals surface area contributed by atoms with Crippen LogP contribution in [0, 0.1) is 6.92 Å². The topological polar surface area (TPSA) is 12.0 Å². The van der Waals surface area contributed by atoms with Gasteiger partial charge in [0, 0.05) is 5.54 Å². The zero-order chi connectivity index (χ0) is 11.8. The lowest BCUT2D eigenvalue weighted by molar-refractivity contribution is 0.481. The van der Waals surface area contributed by atoms with E-state index in [-0.39, 0.29) is 5.54 Å². The number of benzene rings is 1. The molecule has 0 spiro atoms. The molecule has 0 aromatic heterocycles. The highest BCUT2D eigenvalue weighted by Crippen LogP contribution is 2.31. The molecule has 0 radical (unpaired) electrons. The minimum absolute atomic E-state index is 0.113. The molecule has 0 saturated carbocycles. The van der Waals surface area contributed by atoms with Gasteiger partial charge in [-0.2, -0.15) is 0 Å². The summed E-state index contributed by atoms with van der Waals surface area (Å²) in [7, 11) is 2.03. The number of hydrogen-bond donors (Lipinski definition) is 1. The summed E-state index contributed by atoms with van der Waals surface area (Å²) in [5, 5.41) is 3.39. The highest BCUT2D eigenvalue weighted by Gasteiger charge is 2.23. The molecule has 16 heavy (non-hydrogen) atoms. The van der Waals surface area contributed by atoms with Crippen LogP contribution >= 0.6 is 0 Å². The van der Waals surface area contributed by atoms with Crippen LogP contribution in [0.5, 0.6) is 0 Å². The fourth-order valence-electron chi connectivity index (χ4n) is 2.37. The zero-order valence-electron chi connectivity index (χ0n) is 10.7. The average molecular weight is 215 g/mol. The number of fused-ring (bicyclic) bond motifs is 1. The third-order valence-corrected chi connectivity index (χ3v) is 3.85. The van der Waals surface area contributed by atoms with Crippen molar-refractivity contribution in [3.63, 3.8) is 0 Å². The van der Waals surface area contributed by atoms with Crippen LogP contribution in [0.25, 0.3) is 6.08 Å². The fraction of sp³-hybridized carbons (Fsp3) is 0.467. The molecule has 1 aromatic rings. The van der Waals surface area contributed by atoms with Gasteiger partial charge in [-0.25, -0.2) is 0 Å². The van der Waals surface area contributed by atoms with E-state index < -0.39 is 0 Å². The van der Waals surface area contributed by atoms with Crippen LogP contribution in [-0.4, -0.2) is 12.6 Å². The normalized spacial score (nSPS) is 15.6. The van der Waals surface area contributed by atoms with Gasteiger partial charge in [0.25, 0.3) is 0 Å². The standard InChI is InChI=1S/C15H21N/c1-11-6-5-7-12-10-13(8-9-14(11)12)15(2,3)16-4/h5-7,10,16H,8-9H2,1-4H3. The first-order valence-electron chi connectivity index (χ1n) is 6.03. The highest BCUT2D eigenvalue weighted by molar-refractivity contribution is 5.63. The van der Waals surface area contributed by atoms with Crippen LogP contribution in [0.1, 0.15) is 37.0 Å². The molecule has 1 N–H and O–H groups in total. The Balaban J connectivity index is 2.43. The van der Waals surface area contributed by atoms with Crippen LogP contribution in [0.15, 0.2) is 23.8 Å². The Morgan fingerprint density at radius 2 is 1.94 bits per heavy atom. The van der Waals surface area contributed by atoms with E-state index in [1.54, 1.807) is 0 Å². The summed E-state index contributed by atoms with van der Waals surface area (Å²) < 4.78 is 0. The third kappa shape index (κ3) is 1.92. The number of nitrogens with one attached hydrogen (secondary N) is 1. The Morgan fingerprint density at radius 1 is 1.19 bits per heavy atom. The highest BCUT2D eigenvalue weighted by atomic mass is 14.9. The smallest absolute Gasteiger partial charge is 0.0337 e. The molecule has 0 heterocycles. The van der Waals surface area contributed by atoms with Gasteiger partial charge in [-0.3, -0.25) is 0 Å². The molecular formula is C15H21N. The first-order chi connectivity index (χ1) is 7.54. The summed E-state index contributed by atoms with van der Waals surface area (Å²) in [4.78, 5) is 0. The third-order valence-electron chi connectivity index (χ3n) is 3.85. The molecule has 1 aliphatic carbocycles. The molecule has 1 heteroatoms. The molecular weight excluding hydrogens is 194 g/mol. The quantitative estimate of drug-likeness (QED) is 0.798. The van der Waals surface area contributed by atoms with Gasteiger partial charge in [-0.05, 0) is 62.9 Å². The molecule has 0 bridgehead atoms. The Kier molecular flexibility index (Phi) is 2.90. The number of likely N-dealkylation sites (N-methyl/N-ethyl adjacent to an activating group) is 1. The van der Waals surface area contributed by atoms with Crippen molar-refractivity contribution in [2.75, 3.05) is 7.05 Å². The average Bonchev–Trinajstić information content (AvgIpc) is 2.29. The van der Waals surface area contributed by atoms with E-state index in [1.165, 1.54) is 35.1 Å². The molecule has 1 aliphatic rings. The maximum atomic E-state index is 3.39. The Morgan fingerprint density at radius 3 is 2.62 bits per heavy atom. The van der Waals surface area contributed by atoms with Crippen molar-refractivity contribution in [1.29, 1.82) is 0 Å². The largest absolute Gasteiger partial charge is 0.311 e. The van der Waals surface area contributed by atoms with E-state index in [0.29, 0.717) is 0 Å². The van der Waals surface area contributed by atoms with Crippen molar-refractivity contribution >= 4 is 6.08 Å². The number of rotatable bonds is 2. The van der Waals surface area contributed by atoms with Gasteiger partial charge in [-0.1, -0.05) is 24.3 Å².